The molecule has 0 spiro atoms. The molecule has 234 valence electrons. The van der Waals surface area contributed by atoms with Crippen LogP contribution in [0.1, 0.15) is 32.1 Å². The molecule has 0 atom stereocenters. The quantitative estimate of drug-likeness (QED) is 0.0714. The highest BCUT2D eigenvalue weighted by atomic mass is 16.6. The average molecular weight is 581 g/mol. The molecule has 0 fully saturated rings. The Morgan fingerprint density at radius 1 is 0.700 bits per heavy atom. The smallest absolute Gasteiger partial charge is 0.407 e. The van der Waals surface area contributed by atoms with Gasteiger partial charge in [0, 0.05) is 79.8 Å². The van der Waals surface area contributed by atoms with Crippen molar-refractivity contribution in [3.8, 4) is 0 Å². The maximum absolute atomic E-state index is 12.0. The molecule has 0 aromatic rings. The Balaban J connectivity index is 4.02. The van der Waals surface area contributed by atoms with E-state index in [2.05, 4.69) is 21.1 Å². The fourth-order valence-corrected chi connectivity index (χ4v) is 2.73. The number of carbonyl (C=O) groups excluding carboxylic acids is 3. The number of carbonyl (C=O) groups is 3. The van der Waals surface area contributed by atoms with E-state index in [-0.39, 0.29) is 32.1 Å². The van der Waals surface area contributed by atoms with Gasteiger partial charge in [0.1, 0.15) is 25.9 Å². The van der Waals surface area contributed by atoms with Gasteiger partial charge in [0.2, 0.25) is 5.91 Å². The standard InChI is InChI=1S/C25H48N4O11/c1-33-13-7-16-40-29-9-4-5-14-36-19-12-26-23(30)8-6-15-37-22(20-38-24(31)27-10-17-34-2)21-39-25(32)28-11-18-35-3/h9,22H,4-8,10-21H2,1-3H3,(H,26,30)(H,27,31)(H,28,32)/b29-9-. The lowest BCUT2D eigenvalue weighted by Crippen LogP contribution is -2.35. The van der Waals surface area contributed by atoms with Crippen molar-refractivity contribution in [2.45, 2.75) is 38.2 Å². The molecule has 40 heavy (non-hydrogen) atoms. The first kappa shape index (κ1) is 37.3. The molecule has 0 aromatic carbocycles. The van der Waals surface area contributed by atoms with Crippen molar-refractivity contribution in [3.05, 3.63) is 0 Å². The van der Waals surface area contributed by atoms with Crippen LogP contribution in [-0.4, -0.2) is 131 Å². The minimum atomic E-state index is -0.704. The molecule has 15 nitrogen and oxygen atoms in total. The van der Waals surface area contributed by atoms with E-state index in [1.165, 1.54) is 14.2 Å². The summed E-state index contributed by atoms with van der Waals surface area (Å²) in [7, 11) is 4.68. The fourth-order valence-electron chi connectivity index (χ4n) is 2.73. The summed E-state index contributed by atoms with van der Waals surface area (Å²) < 4.78 is 36.0. The van der Waals surface area contributed by atoms with Crippen LogP contribution < -0.4 is 16.0 Å². The maximum atomic E-state index is 12.0. The van der Waals surface area contributed by atoms with Crippen molar-refractivity contribution < 1.29 is 52.4 Å². The summed E-state index contributed by atoms with van der Waals surface area (Å²) in [5, 5.41) is 11.7. The van der Waals surface area contributed by atoms with Crippen LogP contribution in [0.3, 0.4) is 0 Å². The molecular formula is C25H48N4O11. The van der Waals surface area contributed by atoms with Crippen molar-refractivity contribution in [3.63, 3.8) is 0 Å². The van der Waals surface area contributed by atoms with Crippen molar-refractivity contribution in [2.75, 3.05) is 100 Å². The van der Waals surface area contributed by atoms with Crippen molar-refractivity contribution in [1.29, 1.82) is 0 Å². The third-order valence-electron chi connectivity index (χ3n) is 4.78. The first-order chi connectivity index (χ1) is 19.5. The van der Waals surface area contributed by atoms with Crippen molar-refractivity contribution in [1.82, 2.24) is 16.0 Å². The average Bonchev–Trinajstić information content (AvgIpc) is 2.94. The summed E-state index contributed by atoms with van der Waals surface area (Å²) in [6, 6.07) is 0. The Bertz CT molecular complexity index is 630. The van der Waals surface area contributed by atoms with Gasteiger partial charge >= 0.3 is 12.2 Å². The van der Waals surface area contributed by atoms with E-state index in [4.69, 9.17) is 38.0 Å². The first-order valence-corrected chi connectivity index (χ1v) is 13.4. The largest absolute Gasteiger partial charge is 0.447 e. The molecule has 0 unspecified atom stereocenters. The molecular weight excluding hydrogens is 532 g/mol. The number of rotatable bonds is 27. The number of hydrogen-bond acceptors (Lipinski definition) is 12. The number of methoxy groups -OCH3 is 3. The second-order valence-corrected chi connectivity index (χ2v) is 8.20. The highest BCUT2D eigenvalue weighted by Crippen LogP contribution is 2.00. The van der Waals surface area contributed by atoms with Crippen molar-refractivity contribution in [2.24, 2.45) is 5.16 Å². The zero-order chi connectivity index (χ0) is 29.5. The van der Waals surface area contributed by atoms with E-state index >= 15 is 0 Å². The van der Waals surface area contributed by atoms with Gasteiger partial charge < -0.3 is 53.9 Å². The molecule has 0 aliphatic rings. The zero-order valence-corrected chi connectivity index (χ0v) is 24.1. The van der Waals surface area contributed by atoms with Crippen LogP contribution >= 0.6 is 0 Å². The van der Waals surface area contributed by atoms with Crippen LogP contribution in [-0.2, 0) is 42.8 Å². The van der Waals surface area contributed by atoms with Gasteiger partial charge in [-0.05, 0) is 19.3 Å². The maximum Gasteiger partial charge on any atom is 0.407 e. The number of nitrogens with zero attached hydrogens (tertiary/aromatic N) is 1. The topological polar surface area (TPSA) is 174 Å². The summed E-state index contributed by atoms with van der Waals surface area (Å²) in [6.07, 6.45) is 2.72. The number of amides is 3. The molecule has 0 aromatic heterocycles. The summed E-state index contributed by atoms with van der Waals surface area (Å²) in [5.41, 5.74) is 0. The van der Waals surface area contributed by atoms with E-state index in [0.29, 0.717) is 65.7 Å². The Morgan fingerprint density at radius 2 is 1.32 bits per heavy atom. The van der Waals surface area contributed by atoms with E-state index in [9.17, 15) is 14.4 Å². The summed E-state index contributed by atoms with van der Waals surface area (Å²) >= 11 is 0. The van der Waals surface area contributed by atoms with E-state index in [1.54, 1.807) is 13.3 Å². The van der Waals surface area contributed by atoms with Gasteiger partial charge in [-0.1, -0.05) is 5.16 Å². The predicted molar refractivity (Wildman–Crippen MR) is 145 cm³/mol. The number of alkyl carbamates (subject to hydrolysis) is 2. The minimum Gasteiger partial charge on any atom is -0.447 e. The van der Waals surface area contributed by atoms with Crippen LogP contribution in [0.2, 0.25) is 0 Å². The lowest BCUT2D eigenvalue weighted by Gasteiger charge is -2.18. The molecule has 0 radical (unpaired) electrons. The fraction of sp³-hybridized carbons (Fsp3) is 0.840. The number of oxime groups is 1. The van der Waals surface area contributed by atoms with Crippen LogP contribution in [0.4, 0.5) is 9.59 Å². The molecule has 3 amide bonds. The molecule has 0 saturated heterocycles. The predicted octanol–water partition coefficient (Wildman–Crippen LogP) is 0.849. The number of hydrogen-bond donors (Lipinski definition) is 3. The van der Waals surface area contributed by atoms with Gasteiger partial charge in [-0.2, -0.15) is 0 Å². The Hall–Kier alpha value is -2.72. The van der Waals surface area contributed by atoms with E-state index in [0.717, 1.165) is 19.3 Å². The summed E-state index contributed by atoms with van der Waals surface area (Å²) in [4.78, 5) is 40.6. The SMILES string of the molecule is COCCCO/N=C\CCCOCCNC(=O)CCCOC(COC(=O)NCCOC)COC(=O)NCCOC. The highest BCUT2D eigenvalue weighted by molar-refractivity contribution is 5.75. The Kier molecular flexibility index (Phi) is 27.3. The molecule has 0 rings (SSSR count). The number of unbranched alkanes of at least 4 members (excludes halogenated alkanes) is 1. The van der Waals surface area contributed by atoms with Gasteiger partial charge in [-0.25, -0.2) is 9.59 Å². The lowest BCUT2D eigenvalue weighted by atomic mass is 10.3. The molecule has 3 N–H and O–H groups in total. The third-order valence-corrected chi connectivity index (χ3v) is 4.78. The minimum absolute atomic E-state index is 0.135. The van der Waals surface area contributed by atoms with Crippen LogP contribution in [0, 0.1) is 0 Å². The summed E-state index contributed by atoms with van der Waals surface area (Å²) in [6.45, 7) is 3.73. The van der Waals surface area contributed by atoms with Gasteiger partial charge in [0.25, 0.3) is 0 Å². The lowest BCUT2D eigenvalue weighted by molar-refractivity contribution is -0.121. The van der Waals surface area contributed by atoms with Gasteiger partial charge in [-0.3, -0.25) is 4.79 Å². The van der Waals surface area contributed by atoms with Crippen LogP contribution in [0.5, 0.6) is 0 Å². The molecule has 0 aliphatic carbocycles. The molecule has 15 heteroatoms. The Labute approximate surface area is 236 Å². The van der Waals surface area contributed by atoms with Gasteiger partial charge in [0.05, 0.1) is 19.8 Å². The van der Waals surface area contributed by atoms with Crippen molar-refractivity contribution >= 4 is 24.3 Å². The number of ether oxygens (including phenoxy) is 7. The second kappa shape index (κ2) is 29.3. The van der Waals surface area contributed by atoms with Gasteiger partial charge in [0.15, 0.2) is 0 Å². The van der Waals surface area contributed by atoms with E-state index in [1.807, 2.05) is 0 Å². The zero-order valence-electron chi connectivity index (χ0n) is 24.1. The molecule has 0 bridgehead atoms. The first-order valence-electron chi connectivity index (χ1n) is 13.4. The summed E-state index contributed by atoms with van der Waals surface area (Å²) in [5.74, 6) is -0.135. The third kappa shape index (κ3) is 26.9. The number of nitrogens with one attached hydrogen (secondary N) is 3. The monoisotopic (exact) mass is 580 g/mol. The van der Waals surface area contributed by atoms with Gasteiger partial charge in [-0.15, -0.1) is 0 Å². The highest BCUT2D eigenvalue weighted by Gasteiger charge is 2.16. The Morgan fingerprint density at radius 3 is 1.95 bits per heavy atom. The van der Waals surface area contributed by atoms with Crippen LogP contribution in [0.15, 0.2) is 5.16 Å². The second-order valence-electron chi connectivity index (χ2n) is 8.20. The molecule has 0 heterocycles. The normalized spacial score (nSPS) is 11.0. The molecule has 0 aliphatic heterocycles. The van der Waals surface area contributed by atoms with E-state index < -0.39 is 18.3 Å². The molecule has 0 saturated carbocycles. The van der Waals surface area contributed by atoms with Crippen LogP contribution in [0.25, 0.3) is 0 Å².